The third kappa shape index (κ3) is 4.35. The number of hydrogen-bond donors (Lipinski definition) is 3. The largest absolute Gasteiger partial charge is 0.515 e. The highest BCUT2D eigenvalue weighted by atomic mass is 127. The molecule has 9 heteroatoms. The van der Waals surface area contributed by atoms with Crippen molar-refractivity contribution < 1.29 is 37.6 Å². The molecule has 5 aliphatic carbocycles. The van der Waals surface area contributed by atoms with Gasteiger partial charge in [-0.3, -0.25) is 14.4 Å². The van der Waals surface area contributed by atoms with Crippen molar-refractivity contribution in [1.82, 2.24) is 0 Å². The Balaban J connectivity index is 0.000000617. The lowest BCUT2D eigenvalue weighted by Gasteiger charge is -2.63. The zero-order chi connectivity index (χ0) is 28.4. The SMILES string of the molecule is CC(=O)C12CCC3C(C(=O)C=C4C5(C)C=C(O)C(=O)C(O)C5CCC43C)C1CC(C)(C)CC2.O=C(O)OI. The van der Waals surface area contributed by atoms with Gasteiger partial charge in [-0.25, -0.2) is 4.79 Å². The molecule has 8 nitrogen and oxygen atoms in total. The van der Waals surface area contributed by atoms with Crippen LogP contribution in [0.4, 0.5) is 4.79 Å². The van der Waals surface area contributed by atoms with Gasteiger partial charge in [-0.1, -0.05) is 33.3 Å². The third-order valence-corrected chi connectivity index (χ3v) is 11.4. The molecule has 0 aromatic carbocycles. The van der Waals surface area contributed by atoms with Gasteiger partial charge in [0.05, 0.1) is 0 Å². The summed E-state index contributed by atoms with van der Waals surface area (Å²) in [5, 5.41) is 28.5. The Hall–Kier alpha value is -1.75. The molecule has 0 aromatic rings. The number of rotatable bonds is 1. The van der Waals surface area contributed by atoms with Crippen LogP contribution in [0.2, 0.25) is 0 Å². The molecule has 38 heavy (non-hydrogen) atoms. The molecular formula is C29H39IO8. The van der Waals surface area contributed by atoms with Crippen molar-refractivity contribution in [2.75, 3.05) is 0 Å². The quantitative estimate of drug-likeness (QED) is 0.307. The summed E-state index contributed by atoms with van der Waals surface area (Å²) in [5.74, 6) is -0.966. The molecule has 3 fully saturated rings. The van der Waals surface area contributed by atoms with E-state index in [2.05, 4.69) is 23.8 Å². The molecule has 0 radical (unpaired) electrons. The highest BCUT2D eigenvalue weighted by Crippen LogP contribution is 2.69. The number of carbonyl (C=O) groups excluding carboxylic acids is 3. The highest BCUT2D eigenvalue weighted by Gasteiger charge is 2.65. The number of ketones is 3. The van der Waals surface area contributed by atoms with E-state index >= 15 is 0 Å². The van der Waals surface area contributed by atoms with Crippen molar-refractivity contribution in [3.05, 3.63) is 23.5 Å². The van der Waals surface area contributed by atoms with Crippen molar-refractivity contribution in [2.45, 2.75) is 85.7 Å². The molecule has 8 atom stereocenters. The first-order valence-corrected chi connectivity index (χ1v) is 14.4. The molecular weight excluding hydrogens is 603 g/mol. The maximum atomic E-state index is 13.9. The van der Waals surface area contributed by atoms with Gasteiger partial charge < -0.3 is 18.4 Å². The standard InChI is InChI=1S/C28H38O5.CHIO3/c1-15(29)28-9-7-16-22(18(28)13-25(2,3)10-11-28)19(30)12-21-26(16,4)8-6-17-23(32)24(33)20(31)14-27(17,21)5;2-5-1(3)4/h12,14,16-18,22-23,31-32H,6-11,13H2,1-5H3;(H,3,4). The van der Waals surface area contributed by atoms with Crippen LogP contribution in [0.25, 0.3) is 0 Å². The zero-order valence-corrected chi connectivity index (χ0v) is 24.9. The fourth-order valence-electron chi connectivity index (χ4n) is 9.03. The van der Waals surface area contributed by atoms with Crippen LogP contribution in [0.15, 0.2) is 23.5 Å². The van der Waals surface area contributed by atoms with E-state index in [1.165, 1.54) is 23.0 Å². The zero-order valence-electron chi connectivity index (χ0n) is 22.8. The average Bonchev–Trinajstić information content (AvgIpc) is 2.83. The van der Waals surface area contributed by atoms with E-state index in [9.17, 15) is 24.6 Å². The molecule has 0 aliphatic heterocycles. The second-order valence-corrected chi connectivity index (χ2v) is 13.8. The predicted octanol–water partition coefficient (Wildman–Crippen LogP) is 5.76. The summed E-state index contributed by atoms with van der Waals surface area (Å²) >= 11 is 1.28. The molecule has 3 saturated carbocycles. The number of carbonyl (C=O) groups is 4. The summed E-state index contributed by atoms with van der Waals surface area (Å²) in [4.78, 5) is 48.4. The number of aliphatic hydroxyl groups is 2. The molecule has 0 bridgehead atoms. The molecule has 0 aromatic heterocycles. The van der Waals surface area contributed by atoms with E-state index in [0.717, 1.165) is 44.1 Å². The van der Waals surface area contributed by atoms with E-state index in [1.807, 2.05) is 6.92 Å². The first kappa shape index (κ1) is 29.2. The molecule has 0 amide bonds. The van der Waals surface area contributed by atoms with Crippen LogP contribution in [-0.4, -0.2) is 44.9 Å². The first-order valence-electron chi connectivity index (χ1n) is 13.5. The number of halogens is 1. The average molecular weight is 643 g/mol. The van der Waals surface area contributed by atoms with E-state index < -0.39 is 29.2 Å². The number of hydrogen-bond acceptors (Lipinski definition) is 7. The van der Waals surface area contributed by atoms with Gasteiger partial charge in [-0.05, 0) is 86.7 Å². The minimum absolute atomic E-state index is 0.0626. The summed E-state index contributed by atoms with van der Waals surface area (Å²) in [6, 6.07) is 0. The Morgan fingerprint density at radius 3 is 2.18 bits per heavy atom. The van der Waals surface area contributed by atoms with Gasteiger partial charge in [0, 0.05) is 22.7 Å². The fraction of sp³-hybridized carbons (Fsp3) is 0.724. The summed E-state index contributed by atoms with van der Waals surface area (Å²) in [5.41, 5.74) is -0.304. The van der Waals surface area contributed by atoms with Gasteiger partial charge in [0.1, 0.15) is 11.9 Å². The van der Waals surface area contributed by atoms with E-state index in [4.69, 9.17) is 9.90 Å². The summed E-state index contributed by atoms with van der Waals surface area (Å²) in [7, 11) is 0. The normalized spacial score (nSPS) is 43.0. The van der Waals surface area contributed by atoms with Crippen molar-refractivity contribution >= 4 is 46.5 Å². The van der Waals surface area contributed by atoms with Gasteiger partial charge in [0.15, 0.2) is 34.5 Å². The maximum Gasteiger partial charge on any atom is 0.515 e. The van der Waals surface area contributed by atoms with E-state index in [-0.39, 0.29) is 51.5 Å². The second-order valence-electron chi connectivity index (χ2n) is 13.3. The molecule has 5 rings (SSSR count). The van der Waals surface area contributed by atoms with Crippen LogP contribution in [-0.2, 0) is 17.4 Å². The van der Waals surface area contributed by atoms with Gasteiger partial charge >= 0.3 is 6.16 Å². The summed E-state index contributed by atoms with van der Waals surface area (Å²) in [6.45, 7) is 10.5. The van der Waals surface area contributed by atoms with E-state index in [0.29, 0.717) is 6.42 Å². The van der Waals surface area contributed by atoms with Crippen LogP contribution >= 0.6 is 23.0 Å². The third-order valence-electron chi connectivity index (χ3n) is 11.0. The molecule has 8 unspecified atom stereocenters. The summed E-state index contributed by atoms with van der Waals surface area (Å²) < 4.78 is 3.64. The van der Waals surface area contributed by atoms with Crippen molar-refractivity contribution in [1.29, 1.82) is 0 Å². The van der Waals surface area contributed by atoms with Crippen LogP contribution in [0, 0.1) is 45.3 Å². The Labute approximate surface area is 238 Å². The van der Waals surface area contributed by atoms with Gasteiger partial charge in [-0.2, -0.15) is 0 Å². The maximum absolute atomic E-state index is 13.9. The number of fused-ring (bicyclic) bond motifs is 7. The molecule has 210 valence electrons. The lowest BCUT2D eigenvalue weighted by molar-refractivity contribution is -0.158. The fourth-order valence-corrected chi connectivity index (χ4v) is 9.03. The van der Waals surface area contributed by atoms with Crippen molar-refractivity contribution in [3.8, 4) is 0 Å². The number of allylic oxidation sites excluding steroid dienone is 3. The minimum Gasteiger partial charge on any atom is -0.505 e. The smallest absolute Gasteiger partial charge is 0.505 e. The lowest BCUT2D eigenvalue weighted by Crippen LogP contribution is -2.61. The second kappa shape index (κ2) is 9.71. The molecule has 0 heterocycles. The van der Waals surface area contributed by atoms with Crippen LogP contribution in [0.5, 0.6) is 0 Å². The Morgan fingerprint density at radius 2 is 1.61 bits per heavy atom. The van der Waals surface area contributed by atoms with Gasteiger partial charge in [-0.15, -0.1) is 0 Å². The van der Waals surface area contributed by atoms with Crippen molar-refractivity contribution in [3.63, 3.8) is 0 Å². The topological polar surface area (TPSA) is 138 Å². The molecule has 3 N–H and O–H groups in total. The molecule has 0 spiro atoms. The number of Topliss-reactive ketones (excluding diaryl/α,β-unsaturated/α-hetero) is 2. The molecule has 0 saturated heterocycles. The Kier molecular flexibility index (Phi) is 7.47. The van der Waals surface area contributed by atoms with Gasteiger partial charge in [0.25, 0.3) is 0 Å². The first-order chi connectivity index (χ1) is 17.5. The van der Waals surface area contributed by atoms with Crippen LogP contribution in [0.3, 0.4) is 0 Å². The predicted molar refractivity (Wildman–Crippen MR) is 147 cm³/mol. The Bertz CT molecular complexity index is 1120. The number of carboxylic acid groups (broad SMARTS) is 1. The van der Waals surface area contributed by atoms with E-state index in [1.54, 1.807) is 19.1 Å². The monoisotopic (exact) mass is 642 g/mol. The number of aliphatic hydroxyl groups excluding tert-OH is 2. The van der Waals surface area contributed by atoms with Crippen LogP contribution < -0.4 is 0 Å². The van der Waals surface area contributed by atoms with Crippen molar-refractivity contribution in [2.24, 2.45) is 45.3 Å². The molecule has 5 aliphatic rings. The Morgan fingerprint density at radius 1 is 1.00 bits per heavy atom. The van der Waals surface area contributed by atoms with Gasteiger partial charge in [0.2, 0.25) is 5.78 Å². The minimum atomic E-state index is -1.26. The lowest BCUT2D eigenvalue weighted by atomic mass is 9.39. The summed E-state index contributed by atoms with van der Waals surface area (Å²) in [6.07, 6.45) is 6.82. The van der Waals surface area contributed by atoms with Crippen LogP contribution in [0.1, 0.15) is 79.6 Å². The highest BCUT2D eigenvalue weighted by molar-refractivity contribution is 14.1.